The summed E-state index contributed by atoms with van der Waals surface area (Å²) in [6.07, 6.45) is -0.111. The lowest BCUT2D eigenvalue weighted by atomic mass is 10.0. The van der Waals surface area contributed by atoms with Crippen LogP contribution in [0.2, 0.25) is 18.1 Å². The minimum atomic E-state index is -1.80. The molecule has 0 bridgehead atoms. The molecule has 2 saturated heterocycles. The second-order valence-corrected chi connectivity index (χ2v) is 13.2. The van der Waals surface area contributed by atoms with Crippen LogP contribution in [0.15, 0.2) is 0 Å². The zero-order chi connectivity index (χ0) is 16.8. The fourth-order valence-corrected chi connectivity index (χ4v) is 3.63. The molecule has 0 aromatic carbocycles. The lowest BCUT2D eigenvalue weighted by molar-refractivity contribution is -0.173. The van der Waals surface area contributed by atoms with E-state index >= 15 is 0 Å². The van der Waals surface area contributed by atoms with Crippen LogP contribution in [0, 0.1) is 5.92 Å². The highest BCUT2D eigenvalue weighted by Crippen LogP contribution is 2.38. The highest BCUT2D eigenvalue weighted by Gasteiger charge is 2.49. The topological polar surface area (TPSA) is 54.0 Å². The minimum absolute atomic E-state index is 0.158. The normalized spacial score (nSPS) is 32.3. The third-order valence-corrected chi connectivity index (χ3v) is 9.43. The second kappa shape index (κ2) is 5.89. The molecule has 2 rings (SSSR count). The van der Waals surface area contributed by atoms with Gasteiger partial charge >= 0.3 is 5.97 Å². The summed E-state index contributed by atoms with van der Waals surface area (Å²) in [5, 5.41) is 0.173. The summed E-state index contributed by atoms with van der Waals surface area (Å²) < 4.78 is 23.2. The standard InChI is InChI=1S/C16H30O5Si/c1-15(2,3)22(6,7)19-10-11-8-12-13(14(17)18-9-11)21-16(4,5)20-12/h11-13H,8-10H2,1-7H3/t11-,12-,13-/m1/s1. The number of cyclic esters (lactones) is 1. The molecule has 2 heterocycles. The van der Waals surface area contributed by atoms with E-state index in [1.807, 2.05) is 13.8 Å². The maximum atomic E-state index is 12.0. The lowest BCUT2D eigenvalue weighted by Crippen LogP contribution is -2.42. The predicted molar refractivity (Wildman–Crippen MR) is 86.0 cm³/mol. The van der Waals surface area contributed by atoms with Crippen LogP contribution < -0.4 is 0 Å². The number of fused-ring (bicyclic) bond motifs is 1. The minimum Gasteiger partial charge on any atom is -0.463 e. The first-order valence-corrected chi connectivity index (χ1v) is 11.0. The van der Waals surface area contributed by atoms with E-state index in [4.69, 9.17) is 18.6 Å². The monoisotopic (exact) mass is 330 g/mol. The molecule has 0 aromatic heterocycles. The van der Waals surface area contributed by atoms with E-state index in [0.29, 0.717) is 13.2 Å². The summed E-state index contributed by atoms with van der Waals surface area (Å²) >= 11 is 0. The van der Waals surface area contributed by atoms with Crippen molar-refractivity contribution >= 4 is 14.3 Å². The van der Waals surface area contributed by atoms with Gasteiger partial charge in [0.15, 0.2) is 20.2 Å². The first-order chi connectivity index (χ1) is 9.91. The predicted octanol–water partition coefficient (Wildman–Crippen LogP) is 3.09. The molecule has 128 valence electrons. The number of carbonyl (C=O) groups is 1. The van der Waals surface area contributed by atoms with Crippen molar-refractivity contribution in [2.75, 3.05) is 13.2 Å². The molecule has 0 unspecified atom stereocenters. The fourth-order valence-electron chi connectivity index (χ4n) is 2.54. The Morgan fingerprint density at radius 3 is 2.50 bits per heavy atom. The summed E-state index contributed by atoms with van der Waals surface area (Å²) in [6.45, 7) is 15.8. The van der Waals surface area contributed by atoms with Gasteiger partial charge in [0.2, 0.25) is 0 Å². The van der Waals surface area contributed by atoms with E-state index in [1.165, 1.54) is 0 Å². The van der Waals surface area contributed by atoms with Crippen LogP contribution in [0.4, 0.5) is 0 Å². The molecular weight excluding hydrogens is 300 g/mol. The molecule has 0 amide bonds. The van der Waals surface area contributed by atoms with E-state index in [9.17, 15) is 4.79 Å². The second-order valence-electron chi connectivity index (χ2n) is 8.40. The van der Waals surface area contributed by atoms with Crippen molar-refractivity contribution in [3.05, 3.63) is 0 Å². The number of hydrogen-bond acceptors (Lipinski definition) is 5. The van der Waals surface area contributed by atoms with Gasteiger partial charge in [-0.05, 0) is 38.4 Å². The Kier molecular flexibility index (Phi) is 4.80. The van der Waals surface area contributed by atoms with Crippen molar-refractivity contribution in [1.82, 2.24) is 0 Å². The molecule has 2 aliphatic heterocycles. The Morgan fingerprint density at radius 2 is 1.91 bits per heavy atom. The lowest BCUT2D eigenvalue weighted by Gasteiger charge is -2.37. The summed E-state index contributed by atoms with van der Waals surface area (Å²) in [7, 11) is -1.80. The number of carbonyl (C=O) groups excluding carboxylic acids is 1. The Hall–Kier alpha value is -0.433. The molecule has 6 heteroatoms. The van der Waals surface area contributed by atoms with Crippen molar-refractivity contribution in [3.8, 4) is 0 Å². The molecule has 2 aliphatic rings. The Labute approximate surface area is 134 Å². The van der Waals surface area contributed by atoms with Crippen LogP contribution in [0.1, 0.15) is 41.0 Å². The van der Waals surface area contributed by atoms with Gasteiger partial charge in [-0.15, -0.1) is 0 Å². The number of hydrogen-bond donors (Lipinski definition) is 0. The van der Waals surface area contributed by atoms with Crippen molar-refractivity contribution in [2.24, 2.45) is 5.92 Å². The molecule has 22 heavy (non-hydrogen) atoms. The number of ether oxygens (including phenoxy) is 3. The number of esters is 1. The average Bonchev–Trinajstić information content (AvgIpc) is 2.58. The quantitative estimate of drug-likeness (QED) is 0.588. The molecule has 0 saturated carbocycles. The summed E-state index contributed by atoms with van der Waals surface area (Å²) in [5.74, 6) is -0.882. The maximum absolute atomic E-state index is 12.0. The van der Waals surface area contributed by atoms with Gasteiger partial charge in [-0.2, -0.15) is 0 Å². The molecule has 2 fully saturated rings. The fraction of sp³-hybridized carbons (Fsp3) is 0.938. The van der Waals surface area contributed by atoms with E-state index in [-0.39, 0.29) is 23.0 Å². The summed E-state index contributed by atoms with van der Waals surface area (Å²) in [5.41, 5.74) is 0. The third kappa shape index (κ3) is 3.90. The zero-order valence-corrected chi connectivity index (χ0v) is 15.9. The van der Waals surface area contributed by atoms with Crippen molar-refractivity contribution in [3.63, 3.8) is 0 Å². The first-order valence-electron chi connectivity index (χ1n) is 8.07. The Balaban J connectivity index is 1.98. The SMILES string of the molecule is CC1(C)O[C@@H]2C[C@@H](CO[Si](C)(C)C(C)(C)C)COC(=O)[C@@H]2O1. The number of rotatable bonds is 3. The molecular formula is C16H30O5Si. The molecule has 0 radical (unpaired) electrons. The van der Waals surface area contributed by atoms with Gasteiger partial charge in [0.1, 0.15) is 0 Å². The van der Waals surface area contributed by atoms with E-state index in [1.54, 1.807) is 0 Å². The van der Waals surface area contributed by atoms with E-state index in [2.05, 4.69) is 33.9 Å². The van der Waals surface area contributed by atoms with Crippen LogP contribution in [0.25, 0.3) is 0 Å². The van der Waals surface area contributed by atoms with Gasteiger partial charge < -0.3 is 18.6 Å². The van der Waals surface area contributed by atoms with E-state index in [0.717, 1.165) is 6.42 Å². The average molecular weight is 330 g/mol. The van der Waals surface area contributed by atoms with Gasteiger partial charge in [-0.1, -0.05) is 20.8 Å². The zero-order valence-electron chi connectivity index (χ0n) is 14.9. The molecule has 0 N–H and O–H groups in total. The maximum Gasteiger partial charge on any atom is 0.338 e. The molecule has 5 nitrogen and oxygen atoms in total. The molecule has 3 atom stereocenters. The van der Waals surface area contributed by atoms with Gasteiger partial charge in [-0.3, -0.25) is 0 Å². The largest absolute Gasteiger partial charge is 0.463 e. The molecule has 0 spiro atoms. The summed E-state index contributed by atoms with van der Waals surface area (Å²) in [4.78, 5) is 12.0. The third-order valence-electron chi connectivity index (χ3n) is 4.93. The first kappa shape index (κ1) is 17.9. The molecule has 0 aliphatic carbocycles. The van der Waals surface area contributed by atoms with Gasteiger partial charge in [-0.25, -0.2) is 4.79 Å². The highest BCUT2D eigenvalue weighted by atomic mass is 28.4. The van der Waals surface area contributed by atoms with Crippen LogP contribution >= 0.6 is 0 Å². The molecule has 0 aromatic rings. The van der Waals surface area contributed by atoms with Crippen molar-refractivity contribution in [1.29, 1.82) is 0 Å². The van der Waals surface area contributed by atoms with Crippen LogP contribution in [0.5, 0.6) is 0 Å². The van der Waals surface area contributed by atoms with Crippen LogP contribution in [-0.4, -0.2) is 45.5 Å². The summed E-state index contributed by atoms with van der Waals surface area (Å²) in [6, 6.07) is 0. The Morgan fingerprint density at radius 1 is 1.27 bits per heavy atom. The van der Waals surface area contributed by atoms with Gasteiger partial charge in [0, 0.05) is 12.5 Å². The van der Waals surface area contributed by atoms with Gasteiger partial charge in [0.05, 0.1) is 12.7 Å². The smallest absolute Gasteiger partial charge is 0.338 e. The van der Waals surface area contributed by atoms with Crippen molar-refractivity contribution < 1.29 is 23.4 Å². The van der Waals surface area contributed by atoms with Gasteiger partial charge in [0.25, 0.3) is 0 Å². The van der Waals surface area contributed by atoms with Crippen LogP contribution in [0.3, 0.4) is 0 Å². The highest BCUT2D eigenvalue weighted by molar-refractivity contribution is 6.74. The Bertz CT molecular complexity index is 427. The van der Waals surface area contributed by atoms with E-state index < -0.39 is 20.2 Å². The van der Waals surface area contributed by atoms with Crippen LogP contribution in [-0.2, 0) is 23.4 Å². The van der Waals surface area contributed by atoms with Crippen molar-refractivity contribution in [2.45, 2.75) is 77.2 Å².